The highest BCUT2D eigenvalue weighted by atomic mass is 79.9. The zero-order chi connectivity index (χ0) is 9.81. The van der Waals surface area contributed by atoms with E-state index in [1.165, 1.54) is 31.2 Å². The lowest BCUT2D eigenvalue weighted by molar-refractivity contribution is 0.500. The molecule has 2 saturated carbocycles. The number of nitrogens with two attached hydrogens (primary N) is 1. The fourth-order valence-electron chi connectivity index (χ4n) is 2.52. The zero-order valence-corrected chi connectivity index (χ0v) is 9.55. The van der Waals surface area contributed by atoms with E-state index in [4.69, 9.17) is 5.73 Å². The number of halogens is 1. The Morgan fingerprint density at radius 3 is 2.50 bits per heavy atom. The van der Waals surface area contributed by atoms with Crippen LogP contribution in [0, 0.1) is 0 Å². The van der Waals surface area contributed by atoms with Gasteiger partial charge in [-0.15, -0.1) is 0 Å². The highest BCUT2D eigenvalue weighted by Gasteiger charge is 2.64. The van der Waals surface area contributed by atoms with Crippen molar-refractivity contribution in [2.75, 3.05) is 0 Å². The molecule has 0 atom stereocenters. The van der Waals surface area contributed by atoms with E-state index in [0.717, 1.165) is 4.60 Å². The fourth-order valence-corrected chi connectivity index (χ4v) is 3.15. The van der Waals surface area contributed by atoms with Gasteiger partial charge in [-0.05, 0) is 53.2 Å². The van der Waals surface area contributed by atoms with Crippen LogP contribution in [0.4, 0.5) is 0 Å². The number of pyridine rings is 1. The van der Waals surface area contributed by atoms with Gasteiger partial charge in [0.05, 0.1) is 0 Å². The van der Waals surface area contributed by atoms with E-state index in [9.17, 15) is 0 Å². The molecule has 0 aliphatic heterocycles. The molecule has 1 heterocycles. The van der Waals surface area contributed by atoms with Crippen LogP contribution in [0.2, 0.25) is 0 Å². The van der Waals surface area contributed by atoms with Gasteiger partial charge in [0, 0.05) is 17.2 Å². The van der Waals surface area contributed by atoms with Gasteiger partial charge in [0.25, 0.3) is 0 Å². The Balaban J connectivity index is 2.07. The quantitative estimate of drug-likeness (QED) is 0.822. The molecule has 3 rings (SSSR count). The molecular formula is C11H13BrN2. The SMILES string of the molecule is NC1(C2(c3cccnc3Br)CC2)CC1. The third kappa shape index (κ3) is 1.03. The highest BCUT2D eigenvalue weighted by Crippen LogP contribution is 2.64. The van der Waals surface area contributed by atoms with Crippen LogP contribution in [0.1, 0.15) is 31.2 Å². The maximum Gasteiger partial charge on any atom is 0.109 e. The van der Waals surface area contributed by atoms with E-state index in [2.05, 4.69) is 27.0 Å². The third-order valence-corrected chi connectivity index (χ3v) is 4.40. The van der Waals surface area contributed by atoms with Crippen LogP contribution >= 0.6 is 15.9 Å². The lowest BCUT2D eigenvalue weighted by Gasteiger charge is -2.23. The van der Waals surface area contributed by atoms with Crippen LogP contribution in [-0.2, 0) is 5.41 Å². The first kappa shape index (κ1) is 8.86. The summed E-state index contributed by atoms with van der Waals surface area (Å²) in [6.07, 6.45) is 6.63. The average Bonchev–Trinajstić information content (AvgIpc) is 3.01. The Kier molecular flexibility index (Phi) is 1.63. The maximum atomic E-state index is 6.34. The third-order valence-electron chi connectivity index (χ3n) is 3.77. The molecule has 2 aliphatic carbocycles. The second-order valence-corrected chi connectivity index (χ2v) is 5.33. The second-order valence-electron chi connectivity index (χ2n) is 4.58. The fraction of sp³-hybridized carbons (Fsp3) is 0.545. The minimum absolute atomic E-state index is 0.0819. The first-order chi connectivity index (χ1) is 6.68. The van der Waals surface area contributed by atoms with E-state index >= 15 is 0 Å². The molecule has 0 radical (unpaired) electrons. The van der Waals surface area contributed by atoms with Crippen molar-refractivity contribution in [1.82, 2.24) is 4.98 Å². The predicted octanol–water partition coefficient (Wildman–Crippen LogP) is 2.37. The lowest BCUT2D eigenvalue weighted by Crippen LogP contribution is -2.37. The van der Waals surface area contributed by atoms with E-state index in [0.29, 0.717) is 0 Å². The Hall–Kier alpha value is -0.410. The summed E-state index contributed by atoms with van der Waals surface area (Å²) in [5, 5.41) is 0. The van der Waals surface area contributed by atoms with Crippen LogP contribution in [0.25, 0.3) is 0 Å². The summed E-state index contributed by atoms with van der Waals surface area (Å²) in [4.78, 5) is 4.29. The van der Waals surface area contributed by atoms with Crippen molar-refractivity contribution in [3.8, 4) is 0 Å². The van der Waals surface area contributed by atoms with Crippen LogP contribution in [-0.4, -0.2) is 10.5 Å². The normalized spacial score (nSPS) is 25.9. The summed E-state index contributed by atoms with van der Waals surface area (Å²) < 4.78 is 0.981. The lowest BCUT2D eigenvalue weighted by atomic mass is 9.87. The van der Waals surface area contributed by atoms with Crippen molar-refractivity contribution >= 4 is 15.9 Å². The monoisotopic (exact) mass is 252 g/mol. The first-order valence-electron chi connectivity index (χ1n) is 5.08. The van der Waals surface area contributed by atoms with Gasteiger partial charge >= 0.3 is 0 Å². The van der Waals surface area contributed by atoms with Crippen LogP contribution in [0.15, 0.2) is 22.9 Å². The molecule has 0 saturated heterocycles. The number of rotatable bonds is 2. The Bertz CT molecular complexity index is 381. The summed E-state index contributed by atoms with van der Waals surface area (Å²) in [5.74, 6) is 0. The van der Waals surface area contributed by atoms with Crippen LogP contribution < -0.4 is 5.73 Å². The van der Waals surface area contributed by atoms with Crippen molar-refractivity contribution in [2.24, 2.45) is 5.73 Å². The largest absolute Gasteiger partial charge is 0.324 e. The Morgan fingerprint density at radius 1 is 1.29 bits per heavy atom. The summed E-state index contributed by atoms with van der Waals surface area (Å²) in [6.45, 7) is 0. The molecule has 0 amide bonds. The summed E-state index contributed by atoms with van der Waals surface area (Å²) in [5.41, 5.74) is 7.99. The molecule has 2 aliphatic rings. The molecule has 14 heavy (non-hydrogen) atoms. The van der Waals surface area contributed by atoms with E-state index < -0.39 is 0 Å². The molecule has 2 N–H and O–H groups in total. The topological polar surface area (TPSA) is 38.9 Å². The average molecular weight is 253 g/mol. The van der Waals surface area contributed by atoms with Gasteiger partial charge in [-0.2, -0.15) is 0 Å². The Morgan fingerprint density at radius 2 is 2.00 bits per heavy atom. The molecule has 0 spiro atoms. The number of hydrogen-bond donors (Lipinski definition) is 1. The van der Waals surface area contributed by atoms with Crippen molar-refractivity contribution in [3.63, 3.8) is 0 Å². The van der Waals surface area contributed by atoms with Crippen molar-refractivity contribution in [3.05, 3.63) is 28.5 Å². The molecule has 0 unspecified atom stereocenters. The maximum absolute atomic E-state index is 6.34. The van der Waals surface area contributed by atoms with Gasteiger partial charge in [-0.1, -0.05) is 6.07 Å². The molecule has 3 heteroatoms. The summed E-state index contributed by atoms with van der Waals surface area (Å²) >= 11 is 3.53. The smallest absolute Gasteiger partial charge is 0.109 e. The van der Waals surface area contributed by atoms with Crippen LogP contribution in [0.3, 0.4) is 0 Å². The van der Waals surface area contributed by atoms with Gasteiger partial charge in [-0.25, -0.2) is 4.98 Å². The standard InChI is InChI=1S/C11H13BrN2/c12-9-8(2-1-7-14-9)10(3-4-10)11(13)5-6-11/h1-2,7H,3-6,13H2. The van der Waals surface area contributed by atoms with Crippen molar-refractivity contribution in [1.29, 1.82) is 0 Å². The van der Waals surface area contributed by atoms with Gasteiger partial charge in [0.2, 0.25) is 0 Å². The minimum atomic E-state index is 0.0819. The van der Waals surface area contributed by atoms with Gasteiger partial charge in [-0.3, -0.25) is 0 Å². The summed E-state index contributed by atoms with van der Waals surface area (Å²) in [6, 6.07) is 4.17. The van der Waals surface area contributed by atoms with Crippen molar-refractivity contribution in [2.45, 2.75) is 36.6 Å². The van der Waals surface area contributed by atoms with Crippen molar-refractivity contribution < 1.29 is 0 Å². The molecule has 74 valence electrons. The van der Waals surface area contributed by atoms with Crippen LogP contribution in [0.5, 0.6) is 0 Å². The number of hydrogen-bond acceptors (Lipinski definition) is 2. The highest BCUT2D eigenvalue weighted by molar-refractivity contribution is 9.10. The Labute approximate surface area is 92.0 Å². The first-order valence-corrected chi connectivity index (χ1v) is 5.87. The predicted molar refractivity (Wildman–Crippen MR) is 59.0 cm³/mol. The summed E-state index contributed by atoms with van der Waals surface area (Å²) in [7, 11) is 0. The molecular weight excluding hydrogens is 240 g/mol. The molecule has 0 aromatic carbocycles. The van der Waals surface area contributed by atoms with E-state index in [1.54, 1.807) is 0 Å². The molecule has 1 aromatic heterocycles. The molecule has 2 fully saturated rings. The zero-order valence-electron chi connectivity index (χ0n) is 7.96. The van der Waals surface area contributed by atoms with E-state index in [1.807, 2.05) is 12.3 Å². The number of nitrogens with zero attached hydrogens (tertiary/aromatic N) is 1. The molecule has 2 nitrogen and oxygen atoms in total. The minimum Gasteiger partial charge on any atom is -0.324 e. The molecule has 0 bridgehead atoms. The van der Waals surface area contributed by atoms with Gasteiger partial charge < -0.3 is 5.73 Å². The molecule has 1 aromatic rings. The van der Waals surface area contributed by atoms with Gasteiger partial charge in [0.1, 0.15) is 4.60 Å². The number of aromatic nitrogens is 1. The van der Waals surface area contributed by atoms with E-state index in [-0.39, 0.29) is 11.0 Å². The van der Waals surface area contributed by atoms with Gasteiger partial charge in [0.15, 0.2) is 0 Å². The second kappa shape index (κ2) is 2.58.